The van der Waals surface area contributed by atoms with Gasteiger partial charge in [-0.2, -0.15) is 0 Å². The first-order valence-corrected chi connectivity index (χ1v) is 9.59. The van der Waals surface area contributed by atoms with Gasteiger partial charge in [0.2, 0.25) is 11.8 Å². The summed E-state index contributed by atoms with van der Waals surface area (Å²) in [5, 5.41) is 11.2. The van der Waals surface area contributed by atoms with Gasteiger partial charge in [0.25, 0.3) is 5.91 Å². The predicted molar refractivity (Wildman–Crippen MR) is 114 cm³/mol. The van der Waals surface area contributed by atoms with Gasteiger partial charge in [-0.25, -0.2) is 0 Å². The van der Waals surface area contributed by atoms with Crippen molar-refractivity contribution >= 4 is 5.91 Å². The Hall–Kier alpha value is -3.93. The molecule has 0 spiro atoms. The van der Waals surface area contributed by atoms with E-state index in [4.69, 9.17) is 9.15 Å². The Bertz CT molecular complexity index is 1140. The van der Waals surface area contributed by atoms with Crippen molar-refractivity contribution in [2.75, 3.05) is 7.11 Å². The zero-order valence-corrected chi connectivity index (χ0v) is 16.7. The highest BCUT2D eigenvalue weighted by Crippen LogP contribution is 2.26. The number of para-hydroxylation sites is 1. The molecule has 0 aliphatic carbocycles. The van der Waals surface area contributed by atoms with Crippen molar-refractivity contribution in [1.82, 2.24) is 15.5 Å². The average Bonchev–Trinajstić information content (AvgIpc) is 3.30. The summed E-state index contributed by atoms with van der Waals surface area (Å²) in [6.07, 6.45) is 0. The summed E-state index contributed by atoms with van der Waals surface area (Å²) in [7, 11) is 1.62. The average molecular weight is 399 g/mol. The highest BCUT2D eigenvalue weighted by atomic mass is 16.5. The minimum atomic E-state index is -0.197. The van der Waals surface area contributed by atoms with Gasteiger partial charge in [-0.15, -0.1) is 10.2 Å². The third-order valence-electron chi connectivity index (χ3n) is 4.79. The fraction of sp³-hybridized carbons (Fsp3) is 0.125. The van der Waals surface area contributed by atoms with Gasteiger partial charge in [-0.05, 0) is 49.4 Å². The second-order valence-electron chi connectivity index (χ2n) is 6.79. The molecule has 0 saturated carbocycles. The summed E-state index contributed by atoms with van der Waals surface area (Å²) in [4.78, 5) is 12.7. The van der Waals surface area contributed by atoms with Crippen LogP contribution in [0.5, 0.6) is 5.75 Å². The van der Waals surface area contributed by atoms with Crippen molar-refractivity contribution < 1.29 is 13.9 Å². The topological polar surface area (TPSA) is 77.2 Å². The summed E-state index contributed by atoms with van der Waals surface area (Å²) in [6.45, 7) is 1.92. The molecule has 0 radical (unpaired) electrons. The number of hydrogen-bond acceptors (Lipinski definition) is 5. The number of carbonyl (C=O) groups excluding carboxylic acids is 1. The minimum Gasteiger partial charge on any atom is -0.496 e. The summed E-state index contributed by atoms with van der Waals surface area (Å²) in [5.74, 6) is 1.43. The monoisotopic (exact) mass is 399 g/mol. The van der Waals surface area contributed by atoms with Gasteiger partial charge in [0.15, 0.2) is 0 Å². The molecule has 1 amide bonds. The van der Waals surface area contributed by atoms with E-state index in [1.54, 1.807) is 31.4 Å². The largest absolute Gasteiger partial charge is 0.496 e. The van der Waals surface area contributed by atoms with Gasteiger partial charge >= 0.3 is 0 Å². The molecule has 0 aliphatic rings. The van der Waals surface area contributed by atoms with Crippen LogP contribution in [0.25, 0.3) is 22.9 Å². The van der Waals surface area contributed by atoms with Crippen molar-refractivity contribution in [3.63, 3.8) is 0 Å². The van der Waals surface area contributed by atoms with Crippen LogP contribution in [0.15, 0.2) is 83.3 Å². The number of aromatic nitrogens is 2. The van der Waals surface area contributed by atoms with E-state index in [1.165, 1.54) is 0 Å². The summed E-state index contributed by atoms with van der Waals surface area (Å²) in [6, 6.07) is 24.1. The number of carbonyl (C=O) groups is 1. The number of hydrogen-bond donors (Lipinski definition) is 1. The third kappa shape index (κ3) is 4.07. The molecule has 4 aromatic rings. The zero-order valence-electron chi connectivity index (χ0n) is 16.7. The number of ether oxygens (including phenoxy) is 1. The smallest absolute Gasteiger partial charge is 0.251 e. The van der Waals surface area contributed by atoms with Crippen molar-refractivity contribution in [2.45, 2.75) is 13.0 Å². The van der Waals surface area contributed by atoms with Crippen LogP contribution in [0.3, 0.4) is 0 Å². The lowest BCUT2D eigenvalue weighted by Gasteiger charge is -2.17. The molecule has 0 bridgehead atoms. The molecule has 3 aromatic carbocycles. The summed E-state index contributed by atoms with van der Waals surface area (Å²) < 4.78 is 11.1. The fourth-order valence-electron chi connectivity index (χ4n) is 3.18. The molecule has 0 saturated heterocycles. The van der Waals surface area contributed by atoms with E-state index >= 15 is 0 Å². The molecule has 1 heterocycles. The quantitative estimate of drug-likeness (QED) is 0.499. The maximum absolute atomic E-state index is 12.7. The molecule has 4 rings (SSSR count). The van der Waals surface area contributed by atoms with E-state index in [0.717, 1.165) is 22.4 Å². The van der Waals surface area contributed by atoms with E-state index in [2.05, 4.69) is 15.5 Å². The third-order valence-corrected chi connectivity index (χ3v) is 4.79. The molecule has 6 nitrogen and oxygen atoms in total. The lowest BCUT2D eigenvalue weighted by atomic mass is 10.1. The number of rotatable bonds is 6. The molecule has 6 heteroatoms. The Labute approximate surface area is 174 Å². The highest BCUT2D eigenvalue weighted by Gasteiger charge is 2.16. The van der Waals surface area contributed by atoms with Crippen LogP contribution in [0.2, 0.25) is 0 Å². The van der Waals surface area contributed by atoms with Crippen molar-refractivity contribution in [3.8, 4) is 28.7 Å². The van der Waals surface area contributed by atoms with Crippen molar-refractivity contribution in [1.29, 1.82) is 0 Å². The van der Waals surface area contributed by atoms with Gasteiger partial charge < -0.3 is 14.5 Å². The second-order valence-corrected chi connectivity index (χ2v) is 6.79. The lowest BCUT2D eigenvalue weighted by molar-refractivity contribution is 0.0939. The highest BCUT2D eigenvalue weighted by molar-refractivity contribution is 5.94. The van der Waals surface area contributed by atoms with E-state index < -0.39 is 0 Å². The van der Waals surface area contributed by atoms with Crippen LogP contribution in [0, 0.1) is 0 Å². The number of nitrogens with zero attached hydrogens (tertiary/aromatic N) is 2. The van der Waals surface area contributed by atoms with Gasteiger partial charge in [0.05, 0.1) is 13.2 Å². The fourth-order valence-corrected chi connectivity index (χ4v) is 3.18. The molecule has 1 aromatic heterocycles. The second kappa shape index (κ2) is 8.61. The van der Waals surface area contributed by atoms with Gasteiger partial charge in [-0.1, -0.05) is 36.4 Å². The standard InChI is InChI=1S/C24H21N3O3/c1-16(20-10-6-7-11-21(20)29-2)25-22(28)17-12-14-19(15-13-17)24-27-26-23(30-24)18-8-4-3-5-9-18/h3-16H,1-2H3,(H,25,28)/t16-/m1/s1. The maximum atomic E-state index is 12.7. The molecule has 1 N–H and O–H groups in total. The molecule has 0 fully saturated rings. The number of amides is 1. The van der Waals surface area contributed by atoms with E-state index in [1.807, 2.05) is 61.5 Å². The van der Waals surface area contributed by atoms with Crippen LogP contribution in [-0.2, 0) is 0 Å². The first kappa shape index (κ1) is 19.4. The SMILES string of the molecule is COc1ccccc1[C@@H](C)NC(=O)c1ccc(-c2nnc(-c3ccccc3)o2)cc1. The Balaban J connectivity index is 1.47. The van der Waals surface area contributed by atoms with Gasteiger partial charge in [-0.3, -0.25) is 4.79 Å². The van der Waals surface area contributed by atoms with Gasteiger partial charge in [0, 0.05) is 22.3 Å². The molecular formula is C24H21N3O3. The molecular weight excluding hydrogens is 378 g/mol. The summed E-state index contributed by atoms with van der Waals surface area (Å²) in [5.41, 5.74) is 3.07. The first-order chi connectivity index (χ1) is 14.7. The molecule has 30 heavy (non-hydrogen) atoms. The van der Waals surface area contributed by atoms with Crippen LogP contribution in [0.4, 0.5) is 0 Å². The Morgan fingerprint density at radius 2 is 1.47 bits per heavy atom. The van der Waals surface area contributed by atoms with E-state index in [0.29, 0.717) is 17.3 Å². The van der Waals surface area contributed by atoms with Crippen molar-refractivity contribution in [2.24, 2.45) is 0 Å². The minimum absolute atomic E-state index is 0.171. The Morgan fingerprint density at radius 1 is 0.867 bits per heavy atom. The van der Waals surface area contributed by atoms with Crippen molar-refractivity contribution in [3.05, 3.63) is 90.0 Å². The molecule has 150 valence electrons. The molecule has 0 unspecified atom stereocenters. The first-order valence-electron chi connectivity index (χ1n) is 9.59. The Kier molecular flexibility index (Phi) is 5.57. The lowest BCUT2D eigenvalue weighted by Crippen LogP contribution is -2.26. The normalized spacial score (nSPS) is 11.7. The number of benzene rings is 3. The predicted octanol–water partition coefficient (Wildman–Crippen LogP) is 4.90. The van der Waals surface area contributed by atoms with Gasteiger partial charge in [0.1, 0.15) is 5.75 Å². The molecule has 0 aliphatic heterocycles. The van der Waals surface area contributed by atoms with E-state index in [9.17, 15) is 4.79 Å². The number of nitrogens with one attached hydrogen (secondary N) is 1. The number of methoxy groups -OCH3 is 1. The van der Waals surface area contributed by atoms with Crippen LogP contribution in [0.1, 0.15) is 28.9 Å². The van der Waals surface area contributed by atoms with Crippen LogP contribution >= 0.6 is 0 Å². The zero-order chi connectivity index (χ0) is 20.9. The van der Waals surface area contributed by atoms with E-state index in [-0.39, 0.29) is 11.9 Å². The van der Waals surface area contributed by atoms with Crippen LogP contribution in [-0.4, -0.2) is 23.2 Å². The van der Waals surface area contributed by atoms with Crippen LogP contribution < -0.4 is 10.1 Å². The summed E-state index contributed by atoms with van der Waals surface area (Å²) >= 11 is 0. The Morgan fingerprint density at radius 3 is 2.13 bits per heavy atom. The maximum Gasteiger partial charge on any atom is 0.251 e. The molecule has 1 atom stereocenters.